The number of rotatable bonds is 5. The van der Waals surface area contributed by atoms with Gasteiger partial charge in [-0.2, -0.15) is 13.5 Å². The van der Waals surface area contributed by atoms with E-state index in [2.05, 4.69) is 26.4 Å². The molecule has 10 heteroatoms. The molecule has 0 spiro atoms. The van der Waals surface area contributed by atoms with Gasteiger partial charge in [0.2, 0.25) is 5.91 Å². The number of aromatic nitrogens is 2. The van der Waals surface area contributed by atoms with E-state index in [1.54, 1.807) is 11.7 Å². The molecule has 1 aromatic heterocycles. The van der Waals surface area contributed by atoms with Gasteiger partial charge in [-0.25, -0.2) is 4.79 Å². The summed E-state index contributed by atoms with van der Waals surface area (Å²) < 4.78 is 28.1. The van der Waals surface area contributed by atoms with Gasteiger partial charge in [0.25, 0.3) is 10.1 Å². The lowest BCUT2D eigenvalue weighted by Crippen LogP contribution is -2.49. The standard InChI is InChI=1S/C18H20N4O5S/c1-21-15-12-13(6-4-3-5-11-27-28(2,25)26)7-8-14(15)17(20-21)22-10-9-16(23)19-18(22)24/h7-8,12H,3,5,9-11H2,1-2H3,(H,19,23,24). The van der Waals surface area contributed by atoms with E-state index < -0.39 is 16.1 Å². The molecule has 28 heavy (non-hydrogen) atoms. The number of nitrogens with zero attached hydrogens (tertiary/aromatic N) is 3. The van der Waals surface area contributed by atoms with Crippen LogP contribution in [0.5, 0.6) is 0 Å². The van der Waals surface area contributed by atoms with Crippen LogP contribution in [0, 0.1) is 11.8 Å². The van der Waals surface area contributed by atoms with Crippen molar-refractivity contribution in [1.82, 2.24) is 15.1 Å². The minimum Gasteiger partial charge on any atom is -0.278 e. The highest BCUT2D eigenvalue weighted by atomic mass is 32.2. The van der Waals surface area contributed by atoms with E-state index in [1.807, 2.05) is 18.2 Å². The highest BCUT2D eigenvalue weighted by Gasteiger charge is 2.27. The molecule has 0 bridgehead atoms. The lowest BCUT2D eigenvalue weighted by molar-refractivity contribution is -0.120. The van der Waals surface area contributed by atoms with Gasteiger partial charge in [-0.15, -0.1) is 0 Å². The van der Waals surface area contributed by atoms with E-state index in [0.29, 0.717) is 18.7 Å². The fourth-order valence-electron chi connectivity index (χ4n) is 2.82. The van der Waals surface area contributed by atoms with Crippen molar-refractivity contribution < 1.29 is 22.2 Å². The lowest BCUT2D eigenvalue weighted by Gasteiger charge is -2.24. The average Bonchev–Trinajstić information content (AvgIpc) is 2.93. The van der Waals surface area contributed by atoms with Crippen LogP contribution in [-0.2, 0) is 26.1 Å². The van der Waals surface area contributed by atoms with Crippen molar-refractivity contribution in [3.63, 3.8) is 0 Å². The van der Waals surface area contributed by atoms with Crippen molar-refractivity contribution in [2.24, 2.45) is 7.05 Å². The molecule has 1 N–H and O–H groups in total. The molecule has 2 aromatic rings. The van der Waals surface area contributed by atoms with Crippen molar-refractivity contribution in [3.8, 4) is 11.8 Å². The molecule has 2 heterocycles. The van der Waals surface area contributed by atoms with Crippen LogP contribution in [0.15, 0.2) is 18.2 Å². The molecule has 1 aliphatic rings. The van der Waals surface area contributed by atoms with Gasteiger partial charge in [-0.05, 0) is 24.6 Å². The maximum Gasteiger partial charge on any atom is 0.329 e. The normalized spacial score (nSPS) is 14.7. The van der Waals surface area contributed by atoms with Crippen LogP contribution in [0.1, 0.15) is 24.8 Å². The third-order valence-electron chi connectivity index (χ3n) is 4.12. The topological polar surface area (TPSA) is 111 Å². The maximum atomic E-state index is 12.1. The summed E-state index contributed by atoms with van der Waals surface area (Å²) in [5, 5.41) is 7.51. The van der Waals surface area contributed by atoms with Crippen LogP contribution in [-0.4, -0.2) is 49.5 Å². The fourth-order valence-corrected chi connectivity index (χ4v) is 3.24. The Kier molecular flexibility index (Phi) is 5.67. The number of fused-ring (bicyclic) bond motifs is 1. The first-order chi connectivity index (χ1) is 13.2. The molecule has 0 unspecified atom stereocenters. The van der Waals surface area contributed by atoms with Gasteiger partial charge in [0.05, 0.1) is 18.4 Å². The summed E-state index contributed by atoms with van der Waals surface area (Å²) >= 11 is 0. The quantitative estimate of drug-likeness (QED) is 0.454. The minimum atomic E-state index is -3.42. The smallest absolute Gasteiger partial charge is 0.278 e. The van der Waals surface area contributed by atoms with Gasteiger partial charge >= 0.3 is 6.03 Å². The zero-order chi connectivity index (χ0) is 20.3. The molecule has 0 atom stereocenters. The van der Waals surface area contributed by atoms with E-state index in [0.717, 1.165) is 22.7 Å². The number of benzene rings is 1. The van der Waals surface area contributed by atoms with Gasteiger partial charge < -0.3 is 0 Å². The van der Waals surface area contributed by atoms with Gasteiger partial charge in [-0.1, -0.05) is 11.8 Å². The van der Waals surface area contributed by atoms with Crippen LogP contribution >= 0.6 is 0 Å². The average molecular weight is 404 g/mol. The summed E-state index contributed by atoms with van der Waals surface area (Å²) in [6.07, 6.45) is 2.27. The Morgan fingerprint density at radius 1 is 1.32 bits per heavy atom. The second kappa shape index (κ2) is 8.00. The number of aryl methyl sites for hydroxylation is 1. The second-order valence-electron chi connectivity index (χ2n) is 6.37. The predicted molar refractivity (Wildman–Crippen MR) is 103 cm³/mol. The highest BCUT2D eigenvalue weighted by Crippen LogP contribution is 2.27. The molecule has 1 aromatic carbocycles. The summed E-state index contributed by atoms with van der Waals surface area (Å²) in [7, 11) is -1.64. The van der Waals surface area contributed by atoms with Crippen molar-refractivity contribution in [2.45, 2.75) is 19.3 Å². The number of nitrogens with one attached hydrogen (secondary N) is 1. The third-order valence-corrected chi connectivity index (χ3v) is 4.71. The molecule has 1 saturated heterocycles. The van der Waals surface area contributed by atoms with E-state index in [-0.39, 0.29) is 25.5 Å². The van der Waals surface area contributed by atoms with E-state index in [1.165, 1.54) is 4.90 Å². The lowest BCUT2D eigenvalue weighted by atomic mass is 10.1. The molecule has 0 aliphatic carbocycles. The number of anilines is 1. The van der Waals surface area contributed by atoms with Gasteiger partial charge in [0, 0.05) is 37.4 Å². The molecular weight excluding hydrogens is 384 g/mol. The summed E-state index contributed by atoms with van der Waals surface area (Å²) in [6.45, 7) is 0.395. The third kappa shape index (κ3) is 4.68. The maximum absolute atomic E-state index is 12.1. The fraction of sp³-hybridized carbons (Fsp3) is 0.389. The molecule has 3 rings (SSSR count). The Hall–Kier alpha value is -2.90. The number of carbonyl (C=O) groups is 2. The van der Waals surface area contributed by atoms with Crippen molar-refractivity contribution in [1.29, 1.82) is 0 Å². The summed E-state index contributed by atoms with van der Waals surface area (Å²) in [4.78, 5) is 24.9. The van der Waals surface area contributed by atoms with E-state index in [4.69, 9.17) is 0 Å². The summed E-state index contributed by atoms with van der Waals surface area (Å²) in [5.41, 5.74) is 1.59. The van der Waals surface area contributed by atoms with Crippen molar-refractivity contribution in [3.05, 3.63) is 23.8 Å². The van der Waals surface area contributed by atoms with Crippen LogP contribution in [0.4, 0.5) is 10.6 Å². The number of hydrogen-bond donors (Lipinski definition) is 1. The molecule has 1 aliphatic heterocycles. The van der Waals surface area contributed by atoms with Crippen molar-refractivity contribution >= 4 is 38.8 Å². The number of unbranched alkanes of at least 4 members (excludes halogenated alkanes) is 1. The summed E-state index contributed by atoms with van der Waals surface area (Å²) in [5.74, 6) is 6.23. The Morgan fingerprint density at radius 2 is 2.11 bits per heavy atom. The molecule has 0 saturated carbocycles. The molecular formula is C18H20N4O5S. The zero-order valence-electron chi connectivity index (χ0n) is 15.6. The molecule has 1 fully saturated rings. The highest BCUT2D eigenvalue weighted by molar-refractivity contribution is 7.85. The molecule has 3 amide bonds. The van der Waals surface area contributed by atoms with Crippen LogP contribution in [0.2, 0.25) is 0 Å². The Bertz CT molecular complexity index is 1090. The largest absolute Gasteiger partial charge is 0.329 e. The molecule has 9 nitrogen and oxygen atoms in total. The SMILES string of the molecule is Cn1nc(N2CCC(=O)NC2=O)c2ccc(C#CCCCOS(C)(=O)=O)cc21. The number of amides is 3. The molecule has 148 valence electrons. The van der Waals surface area contributed by atoms with Crippen LogP contribution < -0.4 is 10.2 Å². The van der Waals surface area contributed by atoms with Gasteiger partial charge in [-0.3, -0.25) is 23.9 Å². The number of carbonyl (C=O) groups excluding carboxylic acids is 2. The first-order valence-electron chi connectivity index (χ1n) is 8.66. The Balaban J connectivity index is 1.73. The van der Waals surface area contributed by atoms with Crippen molar-refractivity contribution in [2.75, 3.05) is 24.3 Å². The van der Waals surface area contributed by atoms with Crippen LogP contribution in [0.25, 0.3) is 10.9 Å². The summed E-state index contributed by atoms with van der Waals surface area (Å²) in [6, 6.07) is 5.08. The first-order valence-corrected chi connectivity index (χ1v) is 10.5. The second-order valence-corrected chi connectivity index (χ2v) is 8.01. The number of hydrogen-bond acceptors (Lipinski definition) is 6. The Morgan fingerprint density at radius 3 is 2.82 bits per heavy atom. The first kappa shape index (κ1) is 19.9. The van der Waals surface area contributed by atoms with Gasteiger partial charge in [0.1, 0.15) is 0 Å². The monoisotopic (exact) mass is 404 g/mol. The molecule has 0 radical (unpaired) electrons. The number of imide groups is 1. The Labute approximate surface area is 162 Å². The number of urea groups is 1. The van der Waals surface area contributed by atoms with Gasteiger partial charge in [0.15, 0.2) is 5.82 Å². The predicted octanol–water partition coefficient (Wildman–Crippen LogP) is 1.13. The van der Waals surface area contributed by atoms with E-state index in [9.17, 15) is 18.0 Å². The minimum absolute atomic E-state index is 0.109. The van der Waals surface area contributed by atoms with Crippen LogP contribution in [0.3, 0.4) is 0 Å². The van der Waals surface area contributed by atoms with E-state index >= 15 is 0 Å². The zero-order valence-corrected chi connectivity index (χ0v) is 16.4.